The Balaban J connectivity index is 1.25. The van der Waals surface area contributed by atoms with Crippen LogP contribution in [0.5, 0.6) is 0 Å². The highest BCUT2D eigenvalue weighted by molar-refractivity contribution is 6.04. The summed E-state index contributed by atoms with van der Waals surface area (Å²) in [5, 5.41) is 0. The van der Waals surface area contributed by atoms with Crippen LogP contribution in [0, 0.1) is 17.2 Å². The molecule has 2 heterocycles. The predicted molar refractivity (Wildman–Crippen MR) is 118 cm³/mol. The highest BCUT2D eigenvalue weighted by Gasteiger charge is 2.84. The number of halogens is 1. The molecule has 2 amide bonds. The van der Waals surface area contributed by atoms with Gasteiger partial charge in [0.05, 0.1) is 18.0 Å². The van der Waals surface area contributed by atoms with Gasteiger partial charge < -0.3 is 10.6 Å². The van der Waals surface area contributed by atoms with Crippen LogP contribution in [0.2, 0.25) is 0 Å². The summed E-state index contributed by atoms with van der Waals surface area (Å²) in [5.74, 6) is -0.348. The molecular weight excluding hydrogens is 407 g/mol. The zero-order valence-corrected chi connectivity index (χ0v) is 17.9. The normalized spacial score (nSPS) is 29.9. The number of nitrogens with zero attached hydrogens (tertiary/aromatic N) is 3. The van der Waals surface area contributed by atoms with Crippen molar-refractivity contribution in [2.75, 3.05) is 11.4 Å². The SMILES string of the molecule is CC12N=C(N)N(Cc3cc(F)cc(N4CC(c5ccccc5)CC4=O)c3)C(=O)C1C21CC1. The van der Waals surface area contributed by atoms with Crippen LogP contribution in [0.4, 0.5) is 10.1 Å². The standard InChI is InChI=1S/C25H25FN4O2/c1-24-21(25(24)7-8-25)22(32)30(23(27)28-24)13-15-9-18(26)12-19(10-15)29-14-17(11-20(29)31)16-5-3-2-4-6-16/h2-6,9-10,12,17,21H,7-8,11,13-14H2,1H3,(H2,27,28). The van der Waals surface area contributed by atoms with Crippen molar-refractivity contribution in [2.24, 2.45) is 22.1 Å². The van der Waals surface area contributed by atoms with E-state index in [9.17, 15) is 14.0 Å². The lowest BCUT2D eigenvalue weighted by molar-refractivity contribution is -0.130. The van der Waals surface area contributed by atoms with E-state index in [1.54, 1.807) is 11.0 Å². The van der Waals surface area contributed by atoms with Gasteiger partial charge in [-0.2, -0.15) is 0 Å². The van der Waals surface area contributed by atoms with E-state index in [0.717, 1.165) is 18.4 Å². The Morgan fingerprint density at radius 2 is 1.91 bits per heavy atom. The number of amides is 2. The van der Waals surface area contributed by atoms with Crippen molar-refractivity contribution in [1.82, 2.24) is 4.90 Å². The Bertz CT molecular complexity index is 1180. The second kappa shape index (κ2) is 6.40. The number of aliphatic imine (C=N–C) groups is 1. The second-order valence-electron chi connectivity index (χ2n) is 9.76. The Labute approximate surface area is 185 Å². The lowest BCUT2D eigenvalue weighted by Crippen LogP contribution is -2.47. The molecule has 2 aliphatic carbocycles. The Hall–Kier alpha value is -3.22. The molecule has 4 aliphatic rings. The van der Waals surface area contributed by atoms with Crippen LogP contribution < -0.4 is 10.6 Å². The highest BCUT2D eigenvalue weighted by atomic mass is 19.1. The van der Waals surface area contributed by atoms with Gasteiger partial charge in [0.25, 0.3) is 0 Å². The van der Waals surface area contributed by atoms with E-state index in [1.807, 2.05) is 37.3 Å². The first-order valence-electron chi connectivity index (χ1n) is 11.1. The maximum absolute atomic E-state index is 14.6. The van der Waals surface area contributed by atoms with Gasteiger partial charge >= 0.3 is 0 Å². The first kappa shape index (κ1) is 19.5. The van der Waals surface area contributed by atoms with Gasteiger partial charge in [-0.25, -0.2) is 9.38 Å². The molecule has 164 valence electrons. The van der Waals surface area contributed by atoms with E-state index in [4.69, 9.17) is 5.73 Å². The van der Waals surface area contributed by atoms with Crippen molar-refractivity contribution >= 4 is 23.5 Å². The minimum atomic E-state index is -0.441. The smallest absolute Gasteiger partial charge is 0.235 e. The second-order valence-corrected chi connectivity index (χ2v) is 9.76. The maximum Gasteiger partial charge on any atom is 0.235 e. The fourth-order valence-electron chi connectivity index (χ4n) is 6.03. The summed E-state index contributed by atoms with van der Waals surface area (Å²) in [5.41, 5.74) is 8.00. The fourth-order valence-corrected chi connectivity index (χ4v) is 6.03. The predicted octanol–water partition coefficient (Wildman–Crippen LogP) is 3.17. The Morgan fingerprint density at radius 3 is 2.62 bits per heavy atom. The molecule has 0 aromatic heterocycles. The number of hydrogen-bond acceptors (Lipinski definition) is 4. The molecule has 6 nitrogen and oxygen atoms in total. The zero-order chi connectivity index (χ0) is 22.3. The van der Waals surface area contributed by atoms with E-state index < -0.39 is 5.82 Å². The lowest BCUT2D eigenvalue weighted by Gasteiger charge is -2.27. The summed E-state index contributed by atoms with van der Waals surface area (Å²) in [6.45, 7) is 2.65. The number of hydrogen-bond donors (Lipinski definition) is 1. The molecule has 6 rings (SSSR count). The van der Waals surface area contributed by atoms with Gasteiger partial charge in [-0.15, -0.1) is 0 Å². The van der Waals surface area contributed by atoms with Crippen LogP contribution in [-0.4, -0.2) is 34.8 Å². The largest absolute Gasteiger partial charge is 0.369 e. The number of guanidine groups is 1. The van der Waals surface area contributed by atoms with E-state index in [2.05, 4.69) is 4.99 Å². The molecule has 0 bridgehead atoms. The van der Waals surface area contributed by atoms with Crippen LogP contribution in [0.3, 0.4) is 0 Å². The Morgan fingerprint density at radius 1 is 1.16 bits per heavy atom. The first-order valence-corrected chi connectivity index (χ1v) is 11.1. The first-order chi connectivity index (χ1) is 15.3. The van der Waals surface area contributed by atoms with Gasteiger partial charge in [-0.05, 0) is 49.1 Å². The number of benzene rings is 2. The number of rotatable bonds is 4. The average Bonchev–Trinajstić information content (AvgIpc) is 3.60. The molecule has 3 atom stereocenters. The third-order valence-corrected chi connectivity index (χ3v) is 7.96. The maximum atomic E-state index is 14.6. The van der Waals surface area contributed by atoms with Crippen molar-refractivity contribution in [3.05, 3.63) is 65.5 Å². The molecule has 2 aliphatic heterocycles. The average molecular weight is 432 g/mol. The highest BCUT2D eigenvalue weighted by Crippen LogP contribution is 2.79. The number of nitrogens with two attached hydrogens (primary N) is 1. The van der Waals surface area contributed by atoms with Crippen LogP contribution in [0.15, 0.2) is 53.5 Å². The van der Waals surface area contributed by atoms with Crippen LogP contribution in [-0.2, 0) is 16.1 Å². The molecule has 3 unspecified atom stereocenters. The van der Waals surface area contributed by atoms with Crippen LogP contribution >= 0.6 is 0 Å². The third-order valence-electron chi connectivity index (χ3n) is 7.96. The summed E-state index contributed by atoms with van der Waals surface area (Å²) < 4.78 is 14.6. The molecule has 2 saturated carbocycles. The van der Waals surface area contributed by atoms with Crippen molar-refractivity contribution in [3.63, 3.8) is 0 Å². The van der Waals surface area contributed by atoms with Crippen molar-refractivity contribution < 1.29 is 14.0 Å². The van der Waals surface area contributed by atoms with E-state index in [-0.39, 0.29) is 47.1 Å². The third kappa shape index (κ3) is 2.66. The van der Waals surface area contributed by atoms with Gasteiger partial charge in [0.15, 0.2) is 5.96 Å². The van der Waals surface area contributed by atoms with Crippen molar-refractivity contribution in [2.45, 2.75) is 44.2 Å². The van der Waals surface area contributed by atoms with Gasteiger partial charge in [0.2, 0.25) is 11.8 Å². The number of carbonyl (C=O) groups excluding carboxylic acids is 2. The lowest BCUT2D eigenvalue weighted by atomic mass is 9.98. The summed E-state index contributed by atoms with van der Waals surface area (Å²) in [6, 6.07) is 14.4. The molecule has 1 saturated heterocycles. The molecule has 2 aromatic rings. The monoisotopic (exact) mass is 432 g/mol. The molecular formula is C25H25FN4O2. The molecule has 1 spiro atoms. The van der Waals surface area contributed by atoms with E-state index in [0.29, 0.717) is 24.2 Å². The summed E-state index contributed by atoms with van der Waals surface area (Å²) in [4.78, 5) is 33.6. The number of fused-ring (bicyclic) bond motifs is 3. The molecule has 32 heavy (non-hydrogen) atoms. The summed E-state index contributed by atoms with van der Waals surface area (Å²) in [6.07, 6.45) is 2.41. The summed E-state index contributed by atoms with van der Waals surface area (Å²) >= 11 is 0. The van der Waals surface area contributed by atoms with Crippen molar-refractivity contribution in [3.8, 4) is 0 Å². The summed E-state index contributed by atoms with van der Waals surface area (Å²) in [7, 11) is 0. The zero-order valence-electron chi connectivity index (χ0n) is 17.9. The van der Waals surface area contributed by atoms with E-state index >= 15 is 0 Å². The Kier molecular flexibility index (Phi) is 3.89. The minimum absolute atomic E-state index is 0.00896. The molecule has 7 heteroatoms. The van der Waals surface area contributed by atoms with Gasteiger partial charge in [0, 0.05) is 30.0 Å². The molecule has 3 fully saturated rings. The van der Waals surface area contributed by atoms with Crippen LogP contribution in [0.25, 0.3) is 0 Å². The fraction of sp³-hybridized carbons (Fsp3) is 0.400. The molecule has 2 aromatic carbocycles. The number of carbonyl (C=O) groups is 2. The number of anilines is 1. The van der Waals surface area contributed by atoms with Gasteiger partial charge in [0.1, 0.15) is 5.82 Å². The van der Waals surface area contributed by atoms with Crippen molar-refractivity contribution in [1.29, 1.82) is 0 Å². The molecule has 2 N–H and O–H groups in total. The quantitative estimate of drug-likeness (QED) is 0.806. The minimum Gasteiger partial charge on any atom is -0.369 e. The topological polar surface area (TPSA) is 79.0 Å². The molecule has 0 radical (unpaired) electrons. The van der Waals surface area contributed by atoms with Crippen LogP contribution in [0.1, 0.15) is 43.2 Å². The van der Waals surface area contributed by atoms with E-state index in [1.165, 1.54) is 17.0 Å². The van der Waals surface area contributed by atoms with Gasteiger partial charge in [-0.3, -0.25) is 14.5 Å². The van der Waals surface area contributed by atoms with Gasteiger partial charge in [-0.1, -0.05) is 30.3 Å².